The quantitative estimate of drug-likeness (QED) is 0.634. The molecule has 0 radical (unpaired) electrons. The first-order chi connectivity index (χ1) is 6.29. The first-order valence-corrected chi connectivity index (χ1v) is 5.33. The molecular formula is C12H18O. The number of furan rings is 1. The summed E-state index contributed by atoms with van der Waals surface area (Å²) in [6.07, 6.45) is 8.84. The molecule has 0 aromatic carbocycles. The zero-order valence-electron chi connectivity index (χ0n) is 8.60. The van der Waals surface area contributed by atoms with Gasteiger partial charge in [-0.1, -0.05) is 19.3 Å². The summed E-state index contributed by atoms with van der Waals surface area (Å²) in [7, 11) is 0. The summed E-state index contributed by atoms with van der Waals surface area (Å²) >= 11 is 0. The molecule has 1 aliphatic rings. The molecule has 1 heterocycles. The third-order valence-electron chi connectivity index (χ3n) is 3.23. The lowest BCUT2D eigenvalue weighted by Gasteiger charge is -2.21. The average Bonchev–Trinajstić information content (AvgIpc) is 2.48. The summed E-state index contributed by atoms with van der Waals surface area (Å²) in [6.45, 7) is 4.26. The van der Waals surface area contributed by atoms with Crippen LogP contribution >= 0.6 is 0 Å². The zero-order chi connectivity index (χ0) is 9.26. The summed E-state index contributed by atoms with van der Waals surface area (Å²) in [6, 6.07) is 0. The smallest absolute Gasteiger partial charge is 0.104 e. The van der Waals surface area contributed by atoms with Gasteiger partial charge in [0.05, 0.1) is 6.26 Å². The molecule has 1 aliphatic carbocycles. The van der Waals surface area contributed by atoms with Gasteiger partial charge in [-0.3, -0.25) is 0 Å². The molecule has 2 rings (SSSR count). The highest BCUT2D eigenvalue weighted by Gasteiger charge is 2.20. The van der Waals surface area contributed by atoms with E-state index in [0.717, 1.165) is 11.7 Å². The molecule has 0 spiro atoms. The van der Waals surface area contributed by atoms with Crippen molar-refractivity contribution >= 4 is 0 Å². The normalized spacial score (nSPS) is 19.2. The Morgan fingerprint density at radius 1 is 1.15 bits per heavy atom. The van der Waals surface area contributed by atoms with E-state index in [9.17, 15) is 0 Å². The molecule has 1 aromatic heterocycles. The molecule has 1 heteroatoms. The highest BCUT2D eigenvalue weighted by atomic mass is 16.3. The van der Waals surface area contributed by atoms with Gasteiger partial charge in [0.15, 0.2) is 0 Å². The first kappa shape index (κ1) is 8.86. The van der Waals surface area contributed by atoms with Gasteiger partial charge in [-0.25, -0.2) is 0 Å². The van der Waals surface area contributed by atoms with E-state index in [1.54, 1.807) is 0 Å². The Labute approximate surface area is 80.1 Å². The first-order valence-electron chi connectivity index (χ1n) is 5.33. The van der Waals surface area contributed by atoms with E-state index < -0.39 is 0 Å². The van der Waals surface area contributed by atoms with Crippen molar-refractivity contribution in [3.63, 3.8) is 0 Å². The second-order valence-electron chi connectivity index (χ2n) is 4.22. The van der Waals surface area contributed by atoms with E-state index in [1.807, 2.05) is 6.26 Å². The Morgan fingerprint density at radius 3 is 2.38 bits per heavy atom. The molecule has 0 atom stereocenters. The van der Waals surface area contributed by atoms with E-state index in [-0.39, 0.29) is 0 Å². The highest BCUT2D eigenvalue weighted by Crippen LogP contribution is 2.36. The maximum Gasteiger partial charge on any atom is 0.104 e. The van der Waals surface area contributed by atoms with Crippen molar-refractivity contribution in [2.45, 2.75) is 51.9 Å². The van der Waals surface area contributed by atoms with Crippen LogP contribution in [0.15, 0.2) is 10.7 Å². The summed E-state index contributed by atoms with van der Waals surface area (Å²) in [5.41, 5.74) is 2.85. The van der Waals surface area contributed by atoms with Gasteiger partial charge in [-0.2, -0.15) is 0 Å². The van der Waals surface area contributed by atoms with E-state index in [4.69, 9.17) is 4.42 Å². The van der Waals surface area contributed by atoms with Crippen LogP contribution in [0.5, 0.6) is 0 Å². The molecule has 1 saturated carbocycles. The van der Waals surface area contributed by atoms with Gasteiger partial charge in [0, 0.05) is 0 Å². The second-order valence-corrected chi connectivity index (χ2v) is 4.22. The van der Waals surface area contributed by atoms with Crippen LogP contribution in [0.4, 0.5) is 0 Å². The van der Waals surface area contributed by atoms with Crippen molar-refractivity contribution in [3.05, 3.63) is 23.2 Å². The molecule has 0 bridgehead atoms. The predicted molar refractivity (Wildman–Crippen MR) is 54.0 cm³/mol. The van der Waals surface area contributed by atoms with E-state index in [2.05, 4.69) is 13.8 Å². The lowest BCUT2D eigenvalue weighted by Crippen LogP contribution is -2.05. The zero-order valence-corrected chi connectivity index (χ0v) is 8.60. The Balaban J connectivity index is 2.22. The molecule has 0 N–H and O–H groups in total. The Kier molecular flexibility index (Phi) is 2.43. The van der Waals surface area contributed by atoms with Gasteiger partial charge in [0.1, 0.15) is 5.76 Å². The summed E-state index contributed by atoms with van der Waals surface area (Å²) in [4.78, 5) is 0. The SMILES string of the molecule is Cc1coc(C)c1C1CCCCC1. The largest absolute Gasteiger partial charge is 0.469 e. The summed E-state index contributed by atoms with van der Waals surface area (Å²) in [5.74, 6) is 1.93. The van der Waals surface area contributed by atoms with Crippen LogP contribution in [0.1, 0.15) is 54.9 Å². The molecule has 0 unspecified atom stereocenters. The topological polar surface area (TPSA) is 13.1 Å². The number of hydrogen-bond acceptors (Lipinski definition) is 1. The van der Waals surface area contributed by atoms with Crippen molar-refractivity contribution in [2.75, 3.05) is 0 Å². The van der Waals surface area contributed by atoms with Gasteiger partial charge < -0.3 is 4.42 Å². The van der Waals surface area contributed by atoms with Gasteiger partial charge in [-0.15, -0.1) is 0 Å². The molecule has 1 aromatic rings. The predicted octanol–water partition coefficient (Wildman–Crippen LogP) is 3.94. The van der Waals surface area contributed by atoms with Crippen LogP contribution in [0.3, 0.4) is 0 Å². The van der Waals surface area contributed by atoms with Crippen LogP contribution in [-0.2, 0) is 0 Å². The molecule has 0 amide bonds. The number of aryl methyl sites for hydroxylation is 2. The molecule has 1 fully saturated rings. The Morgan fingerprint density at radius 2 is 1.85 bits per heavy atom. The lowest BCUT2D eigenvalue weighted by atomic mass is 9.83. The van der Waals surface area contributed by atoms with Crippen molar-refractivity contribution < 1.29 is 4.42 Å². The van der Waals surface area contributed by atoms with E-state index in [0.29, 0.717) is 0 Å². The van der Waals surface area contributed by atoms with Crippen molar-refractivity contribution in [2.24, 2.45) is 0 Å². The molecule has 0 aliphatic heterocycles. The molecule has 1 nitrogen and oxygen atoms in total. The van der Waals surface area contributed by atoms with Gasteiger partial charge >= 0.3 is 0 Å². The van der Waals surface area contributed by atoms with E-state index in [1.165, 1.54) is 43.2 Å². The van der Waals surface area contributed by atoms with Crippen LogP contribution in [0, 0.1) is 13.8 Å². The highest BCUT2D eigenvalue weighted by molar-refractivity contribution is 5.30. The fraction of sp³-hybridized carbons (Fsp3) is 0.667. The van der Waals surface area contributed by atoms with Gasteiger partial charge in [0.25, 0.3) is 0 Å². The average molecular weight is 178 g/mol. The van der Waals surface area contributed by atoms with Crippen LogP contribution in [0.25, 0.3) is 0 Å². The third kappa shape index (κ3) is 1.65. The van der Waals surface area contributed by atoms with E-state index >= 15 is 0 Å². The van der Waals surface area contributed by atoms with Crippen LogP contribution < -0.4 is 0 Å². The molecule has 13 heavy (non-hydrogen) atoms. The standard InChI is InChI=1S/C12H18O/c1-9-8-13-10(2)12(9)11-6-4-3-5-7-11/h8,11H,3-7H2,1-2H3. The van der Waals surface area contributed by atoms with Crippen LogP contribution in [-0.4, -0.2) is 0 Å². The molecule has 72 valence electrons. The minimum absolute atomic E-state index is 0.785. The maximum absolute atomic E-state index is 5.45. The van der Waals surface area contributed by atoms with Crippen molar-refractivity contribution in [1.82, 2.24) is 0 Å². The number of hydrogen-bond donors (Lipinski definition) is 0. The minimum atomic E-state index is 0.785. The second kappa shape index (κ2) is 3.57. The molecular weight excluding hydrogens is 160 g/mol. The van der Waals surface area contributed by atoms with Crippen molar-refractivity contribution in [3.8, 4) is 0 Å². The molecule has 0 saturated heterocycles. The lowest BCUT2D eigenvalue weighted by molar-refractivity contribution is 0.433. The number of rotatable bonds is 1. The van der Waals surface area contributed by atoms with Gasteiger partial charge in [-0.05, 0) is 43.7 Å². The third-order valence-corrected chi connectivity index (χ3v) is 3.23. The fourth-order valence-electron chi connectivity index (χ4n) is 2.58. The Hall–Kier alpha value is -0.720. The Bertz CT molecular complexity index is 260. The van der Waals surface area contributed by atoms with Crippen molar-refractivity contribution in [1.29, 1.82) is 0 Å². The summed E-state index contributed by atoms with van der Waals surface area (Å²) in [5, 5.41) is 0. The van der Waals surface area contributed by atoms with Crippen LogP contribution in [0.2, 0.25) is 0 Å². The summed E-state index contributed by atoms with van der Waals surface area (Å²) < 4.78 is 5.45. The van der Waals surface area contributed by atoms with Gasteiger partial charge in [0.2, 0.25) is 0 Å². The minimum Gasteiger partial charge on any atom is -0.469 e. The maximum atomic E-state index is 5.45. The fourth-order valence-corrected chi connectivity index (χ4v) is 2.58. The monoisotopic (exact) mass is 178 g/mol.